The van der Waals surface area contributed by atoms with Crippen molar-refractivity contribution in [1.82, 2.24) is 0 Å². The minimum absolute atomic E-state index is 0.176. The van der Waals surface area contributed by atoms with Crippen molar-refractivity contribution in [3.8, 4) is 0 Å². The van der Waals surface area contributed by atoms with E-state index >= 15 is 0 Å². The zero-order valence-corrected chi connectivity index (χ0v) is 11.0. The van der Waals surface area contributed by atoms with Gasteiger partial charge in [-0.05, 0) is 12.8 Å². The van der Waals surface area contributed by atoms with E-state index in [4.69, 9.17) is 14.2 Å². The zero-order chi connectivity index (χ0) is 13.0. The van der Waals surface area contributed by atoms with Gasteiger partial charge < -0.3 is 24.4 Å². The summed E-state index contributed by atoms with van der Waals surface area (Å²) in [5.41, 5.74) is -0.777. The summed E-state index contributed by atoms with van der Waals surface area (Å²) in [4.78, 5) is 0. The van der Waals surface area contributed by atoms with Crippen molar-refractivity contribution in [2.75, 3.05) is 19.8 Å². The highest BCUT2D eigenvalue weighted by Gasteiger charge is 2.47. The Balaban J connectivity index is 1.78. The summed E-state index contributed by atoms with van der Waals surface area (Å²) in [6.07, 6.45) is 3.18. The summed E-state index contributed by atoms with van der Waals surface area (Å²) in [5, 5.41) is 19.4. The summed E-state index contributed by atoms with van der Waals surface area (Å²) in [6.45, 7) is 3.09. The number of unbranched alkanes of at least 4 members (excludes halogenated alkanes) is 2. The SMILES string of the molecule is CCCCCC1OCC2(CO1)OC[C@@H](O)CC2O. The number of ether oxygens (including phenoxy) is 3. The first-order valence-corrected chi connectivity index (χ1v) is 6.89. The molecule has 1 spiro atoms. The molecule has 5 heteroatoms. The predicted molar refractivity (Wildman–Crippen MR) is 65.1 cm³/mol. The van der Waals surface area contributed by atoms with E-state index in [0.29, 0.717) is 19.6 Å². The first kappa shape index (κ1) is 14.2. The van der Waals surface area contributed by atoms with Gasteiger partial charge in [-0.1, -0.05) is 19.8 Å². The van der Waals surface area contributed by atoms with Gasteiger partial charge in [0.1, 0.15) is 5.60 Å². The van der Waals surface area contributed by atoms with Crippen molar-refractivity contribution < 1.29 is 24.4 Å². The highest BCUT2D eigenvalue weighted by molar-refractivity contribution is 4.95. The van der Waals surface area contributed by atoms with Crippen molar-refractivity contribution in [2.24, 2.45) is 0 Å². The van der Waals surface area contributed by atoms with Gasteiger partial charge in [-0.3, -0.25) is 0 Å². The minimum Gasteiger partial charge on any atom is -0.391 e. The molecule has 5 nitrogen and oxygen atoms in total. The third kappa shape index (κ3) is 3.22. The van der Waals surface area contributed by atoms with Gasteiger partial charge in [-0.25, -0.2) is 0 Å². The van der Waals surface area contributed by atoms with Crippen LogP contribution in [0.4, 0.5) is 0 Å². The van der Waals surface area contributed by atoms with Crippen molar-refractivity contribution in [2.45, 2.75) is 63.1 Å². The quantitative estimate of drug-likeness (QED) is 0.733. The van der Waals surface area contributed by atoms with Gasteiger partial charge in [0, 0.05) is 6.42 Å². The van der Waals surface area contributed by atoms with Crippen LogP contribution in [0.3, 0.4) is 0 Å². The molecule has 18 heavy (non-hydrogen) atoms. The van der Waals surface area contributed by atoms with Crippen LogP contribution in [0.2, 0.25) is 0 Å². The lowest BCUT2D eigenvalue weighted by atomic mass is 9.90. The number of hydrogen-bond acceptors (Lipinski definition) is 5. The standard InChI is InChI=1S/C13H24O5/c1-2-3-4-5-12-16-8-13(9-17-12)11(15)6-10(14)7-18-13/h10-12,14-15H,2-9H2,1H3/t10-,11?,12?,13?/m0/s1. The molecule has 0 bridgehead atoms. The number of aliphatic hydroxyl groups is 2. The van der Waals surface area contributed by atoms with E-state index in [2.05, 4.69) is 6.92 Å². The van der Waals surface area contributed by atoms with Gasteiger partial charge in [0.05, 0.1) is 32.0 Å². The average Bonchev–Trinajstić information content (AvgIpc) is 2.37. The Morgan fingerprint density at radius 1 is 1.17 bits per heavy atom. The lowest BCUT2D eigenvalue weighted by Gasteiger charge is -2.46. The van der Waals surface area contributed by atoms with Crippen LogP contribution in [0.25, 0.3) is 0 Å². The predicted octanol–water partition coefficient (Wildman–Crippen LogP) is 0.821. The molecule has 2 aliphatic heterocycles. The molecule has 0 radical (unpaired) electrons. The fourth-order valence-electron chi connectivity index (χ4n) is 2.46. The largest absolute Gasteiger partial charge is 0.391 e. The Hall–Kier alpha value is -0.200. The first-order valence-electron chi connectivity index (χ1n) is 6.89. The van der Waals surface area contributed by atoms with E-state index < -0.39 is 17.8 Å². The first-order chi connectivity index (χ1) is 8.66. The fraction of sp³-hybridized carbons (Fsp3) is 1.00. The third-order valence-electron chi connectivity index (χ3n) is 3.74. The van der Waals surface area contributed by atoms with Crippen LogP contribution >= 0.6 is 0 Å². The Morgan fingerprint density at radius 2 is 1.89 bits per heavy atom. The molecule has 2 N–H and O–H groups in total. The van der Waals surface area contributed by atoms with Crippen LogP contribution in [0.1, 0.15) is 39.0 Å². The second kappa shape index (κ2) is 6.30. The van der Waals surface area contributed by atoms with Crippen LogP contribution in [0, 0.1) is 0 Å². The molecular formula is C13H24O5. The molecule has 2 fully saturated rings. The molecule has 0 aromatic heterocycles. The van der Waals surface area contributed by atoms with Crippen molar-refractivity contribution in [1.29, 1.82) is 0 Å². The van der Waals surface area contributed by atoms with Gasteiger partial charge in [0.25, 0.3) is 0 Å². The maximum Gasteiger partial charge on any atom is 0.157 e. The third-order valence-corrected chi connectivity index (χ3v) is 3.74. The Bertz CT molecular complexity index is 250. The van der Waals surface area contributed by atoms with Crippen molar-refractivity contribution in [3.63, 3.8) is 0 Å². The van der Waals surface area contributed by atoms with E-state index in [9.17, 15) is 10.2 Å². The van der Waals surface area contributed by atoms with Crippen molar-refractivity contribution in [3.05, 3.63) is 0 Å². The van der Waals surface area contributed by atoms with Gasteiger partial charge in [-0.15, -0.1) is 0 Å². The van der Waals surface area contributed by atoms with Gasteiger partial charge in [-0.2, -0.15) is 0 Å². The molecule has 2 saturated heterocycles. The van der Waals surface area contributed by atoms with E-state index in [1.165, 1.54) is 12.8 Å². The average molecular weight is 260 g/mol. The molecule has 1 unspecified atom stereocenters. The van der Waals surface area contributed by atoms with E-state index in [-0.39, 0.29) is 12.9 Å². The van der Waals surface area contributed by atoms with Crippen LogP contribution in [0.5, 0.6) is 0 Å². The summed E-state index contributed by atoms with van der Waals surface area (Å²) in [5.74, 6) is 0. The smallest absolute Gasteiger partial charge is 0.157 e. The van der Waals surface area contributed by atoms with Gasteiger partial charge in [0.15, 0.2) is 6.29 Å². The molecule has 0 amide bonds. The second-order valence-corrected chi connectivity index (χ2v) is 5.33. The van der Waals surface area contributed by atoms with Gasteiger partial charge in [0.2, 0.25) is 0 Å². The monoisotopic (exact) mass is 260 g/mol. The lowest BCUT2D eigenvalue weighted by molar-refractivity contribution is -0.308. The molecule has 2 aliphatic rings. The van der Waals surface area contributed by atoms with E-state index in [1.807, 2.05) is 0 Å². The summed E-state index contributed by atoms with van der Waals surface area (Å²) < 4.78 is 16.8. The van der Waals surface area contributed by atoms with Gasteiger partial charge >= 0.3 is 0 Å². The Kier molecular flexibility index (Phi) is 4.98. The maximum atomic E-state index is 10.0. The molecule has 0 aromatic rings. The zero-order valence-electron chi connectivity index (χ0n) is 11.0. The van der Waals surface area contributed by atoms with E-state index in [1.54, 1.807) is 0 Å². The highest BCUT2D eigenvalue weighted by Crippen LogP contribution is 2.31. The van der Waals surface area contributed by atoms with Crippen LogP contribution < -0.4 is 0 Å². The molecule has 106 valence electrons. The summed E-state index contributed by atoms with van der Waals surface area (Å²) >= 11 is 0. The topological polar surface area (TPSA) is 68.2 Å². The molecule has 2 atom stereocenters. The Labute approximate surface area is 108 Å². The maximum absolute atomic E-state index is 10.0. The number of aliphatic hydroxyl groups excluding tert-OH is 2. The summed E-state index contributed by atoms with van der Waals surface area (Å²) in [7, 11) is 0. The highest BCUT2D eigenvalue weighted by atomic mass is 16.7. The lowest BCUT2D eigenvalue weighted by Crippen LogP contribution is -2.61. The van der Waals surface area contributed by atoms with Crippen LogP contribution in [-0.2, 0) is 14.2 Å². The second-order valence-electron chi connectivity index (χ2n) is 5.33. The molecule has 0 aliphatic carbocycles. The molecule has 2 heterocycles. The van der Waals surface area contributed by atoms with Crippen molar-refractivity contribution >= 4 is 0 Å². The van der Waals surface area contributed by atoms with Crippen LogP contribution in [0.15, 0.2) is 0 Å². The van der Waals surface area contributed by atoms with Crippen LogP contribution in [-0.4, -0.2) is 54.1 Å². The minimum atomic E-state index is -0.777. The number of hydrogen-bond donors (Lipinski definition) is 2. The molecular weight excluding hydrogens is 236 g/mol. The summed E-state index contributed by atoms with van der Waals surface area (Å²) in [6, 6.07) is 0. The number of rotatable bonds is 4. The Morgan fingerprint density at radius 3 is 2.50 bits per heavy atom. The molecule has 0 aromatic carbocycles. The fourth-order valence-corrected chi connectivity index (χ4v) is 2.46. The molecule has 0 saturated carbocycles. The normalized spacial score (nSPS) is 41.2. The van der Waals surface area contributed by atoms with E-state index in [0.717, 1.165) is 12.8 Å². The molecule has 2 rings (SSSR count).